The molecule has 0 fully saturated rings. The van der Waals surface area contributed by atoms with E-state index in [0.717, 1.165) is 89.6 Å². The van der Waals surface area contributed by atoms with Crippen molar-refractivity contribution in [1.82, 2.24) is 16.0 Å². The second-order valence-electron chi connectivity index (χ2n) is 11.8. The zero-order chi connectivity index (χ0) is 36.6. The van der Waals surface area contributed by atoms with Crippen LogP contribution in [0, 0.1) is 0 Å². The summed E-state index contributed by atoms with van der Waals surface area (Å²) in [6.45, 7) is 9.68. The standard InChI is InChI=1S/C27H43NOS2.C15H24N2O2/c1-4-5-6-7-8-9-10-11-12-13-14-15-16-17-18-19-20-21-22-23-27(29)28-24-25-30-31-26(2)3;18-13-5-10-16-11-12-17-15(19)9-4-8-14-6-2-1-3-7-14/h5-6,8-9,11-12,14-15,17-18,20-21,26H,4,7,10,13,16,19,22-25H2,1-3H3,(H,28,29);1-3,6-7,16,18H,4-5,8-13H2,(H,17,19)/b6-5-,9-8-,12-11-,15-14-,18-17-,21-20-;. The van der Waals surface area contributed by atoms with Gasteiger partial charge in [0.05, 0.1) is 0 Å². The molecule has 0 heterocycles. The second kappa shape index (κ2) is 39.0. The second-order valence-corrected chi connectivity index (χ2v) is 14.9. The van der Waals surface area contributed by atoms with Crippen LogP contribution in [0.4, 0.5) is 0 Å². The summed E-state index contributed by atoms with van der Waals surface area (Å²) >= 11 is 0. The number of aliphatic hydroxyl groups excluding tert-OH is 1. The molecule has 1 aromatic carbocycles. The minimum Gasteiger partial charge on any atom is -0.396 e. The Hall–Kier alpha value is -2.78. The SMILES string of the molecule is CC/C=C\C/C=C\C/C=C\C/C=C\C/C=C\C/C=C\CCC(=O)NCCSSC(C)C.O=C(CCCc1ccccc1)NCCNCCCO. The van der Waals surface area contributed by atoms with Crippen LogP contribution < -0.4 is 16.0 Å². The van der Waals surface area contributed by atoms with Crippen molar-refractivity contribution in [2.45, 2.75) is 103 Å². The van der Waals surface area contributed by atoms with E-state index in [0.29, 0.717) is 24.6 Å². The van der Waals surface area contributed by atoms with E-state index >= 15 is 0 Å². The molecule has 0 bridgehead atoms. The van der Waals surface area contributed by atoms with Crippen molar-refractivity contribution in [3.8, 4) is 0 Å². The number of nitrogens with one attached hydrogen (secondary N) is 3. The minimum atomic E-state index is 0.111. The average molecular weight is 726 g/mol. The summed E-state index contributed by atoms with van der Waals surface area (Å²) in [6.07, 6.45) is 36.9. The van der Waals surface area contributed by atoms with Crippen LogP contribution in [0.25, 0.3) is 0 Å². The highest BCUT2D eigenvalue weighted by Crippen LogP contribution is 2.25. The molecule has 0 aliphatic carbocycles. The normalized spacial score (nSPS) is 11.9. The van der Waals surface area contributed by atoms with E-state index in [9.17, 15) is 9.59 Å². The Balaban J connectivity index is 0.00000107. The maximum absolute atomic E-state index is 11.7. The molecule has 0 aliphatic rings. The third kappa shape index (κ3) is 38.0. The van der Waals surface area contributed by atoms with Gasteiger partial charge in [0.15, 0.2) is 0 Å². The van der Waals surface area contributed by atoms with Gasteiger partial charge in [-0.25, -0.2) is 0 Å². The minimum absolute atomic E-state index is 0.111. The molecule has 0 saturated carbocycles. The molecule has 2 amide bonds. The summed E-state index contributed by atoms with van der Waals surface area (Å²) in [7, 11) is 3.68. The molecular weight excluding hydrogens is 659 g/mol. The topological polar surface area (TPSA) is 90.5 Å². The van der Waals surface area contributed by atoms with Crippen molar-refractivity contribution in [1.29, 1.82) is 0 Å². The molecule has 50 heavy (non-hydrogen) atoms. The molecule has 4 N–H and O–H groups in total. The number of aliphatic hydroxyl groups is 1. The third-order valence-electron chi connectivity index (χ3n) is 6.75. The molecule has 1 aromatic rings. The fraction of sp³-hybridized carbons (Fsp3) is 0.524. The van der Waals surface area contributed by atoms with Gasteiger partial charge in [-0.3, -0.25) is 9.59 Å². The van der Waals surface area contributed by atoms with Crippen LogP contribution >= 0.6 is 21.6 Å². The summed E-state index contributed by atoms with van der Waals surface area (Å²) in [5.74, 6) is 1.23. The summed E-state index contributed by atoms with van der Waals surface area (Å²) in [4.78, 5) is 23.3. The molecule has 6 nitrogen and oxygen atoms in total. The van der Waals surface area contributed by atoms with E-state index in [1.807, 2.05) is 39.8 Å². The van der Waals surface area contributed by atoms with Crippen molar-refractivity contribution >= 4 is 33.4 Å². The Morgan fingerprint density at radius 3 is 1.78 bits per heavy atom. The Morgan fingerprint density at radius 2 is 1.22 bits per heavy atom. The third-order valence-corrected chi connectivity index (χ3v) is 9.71. The number of benzene rings is 1. The van der Waals surface area contributed by atoms with Gasteiger partial charge in [-0.1, -0.05) is 146 Å². The van der Waals surface area contributed by atoms with Gasteiger partial charge < -0.3 is 21.1 Å². The lowest BCUT2D eigenvalue weighted by Gasteiger charge is -2.06. The highest BCUT2D eigenvalue weighted by Gasteiger charge is 2.01. The van der Waals surface area contributed by atoms with Crippen molar-refractivity contribution in [2.24, 2.45) is 0 Å². The van der Waals surface area contributed by atoms with Crippen molar-refractivity contribution in [3.05, 3.63) is 109 Å². The van der Waals surface area contributed by atoms with Gasteiger partial charge in [0, 0.05) is 50.1 Å². The summed E-state index contributed by atoms with van der Waals surface area (Å²) < 4.78 is 0. The molecule has 0 saturated heterocycles. The van der Waals surface area contributed by atoms with E-state index < -0.39 is 0 Å². The molecule has 0 radical (unpaired) electrons. The van der Waals surface area contributed by atoms with Gasteiger partial charge in [0.25, 0.3) is 0 Å². The van der Waals surface area contributed by atoms with Crippen molar-refractivity contribution in [2.75, 3.05) is 38.5 Å². The van der Waals surface area contributed by atoms with E-state index in [1.54, 1.807) is 0 Å². The first-order valence-electron chi connectivity index (χ1n) is 18.6. The molecular formula is C42H67N3O3S2. The van der Waals surface area contributed by atoms with E-state index in [4.69, 9.17) is 5.11 Å². The van der Waals surface area contributed by atoms with Crippen LogP contribution in [-0.2, 0) is 16.0 Å². The lowest BCUT2D eigenvalue weighted by atomic mass is 10.1. The number of hydrogen-bond acceptors (Lipinski definition) is 6. The lowest BCUT2D eigenvalue weighted by molar-refractivity contribution is -0.121. The van der Waals surface area contributed by atoms with Gasteiger partial charge in [-0.15, -0.1) is 0 Å². The summed E-state index contributed by atoms with van der Waals surface area (Å²) in [5, 5.41) is 18.2. The first-order chi connectivity index (χ1) is 24.5. The summed E-state index contributed by atoms with van der Waals surface area (Å²) in [5.41, 5.74) is 1.28. The van der Waals surface area contributed by atoms with Crippen LogP contribution in [0.2, 0.25) is 0 Å². The van der Waals surface area contributed by atoms with Crippen molar-refractivity contribution in [3.63, 3.8) is 0 Å². The van der Waals surface area contributed by atoms with Crippen LogP contribution in [0.1, 0.15) is 97.0 Å². The molecule has 0 unspecified atom stereocenters. The molecule has 0 aliphatic heterocycles. The molecule has 0 spiro atoms. The molecule has 0 atom stereocenters. The van der Waals surface area contributed by atoms with Gasteiger partial charge in [0.1, 0.15) is 0 Å². The number of rotatable bonds is 29. The number of carbonyl (C=O) groups excluding carboxylic acids is 2. The van der Waals surface area contributed by atoms with Gasteiger partial charge >= 0.3 is 0 Å². The van der Waals surface area contributed by atoms with E-state index in [-0.39, 0.29) is 18.4 Å². The number of allylic oxidation sites excluding steroid dienone is 12. The maximum Gasteiger partial charge on any atom is 0.220 e. The fourth-order valence-electron chi connectivity index (χ4n) is 4.16. The Labute approximate surface area is 313 Å². The fourth-order valence-corrected chi connectivity index (χ4v) is 6.07. The highest BCUT2D eigenvalue weighted by atomic mass is 33.1. The first-order valence-corrected chi connectivity index (χ1v) is 20.9. The maximum atomic E-state index is 11.7. The van der Waals surface area contributed by atoms with E-state index in [2.05, 4.69) is 122 Å². The average Bonchev–Trinajstić information content (AvgIpc) is 3.11. The van der Waals surface area contributed by atoms with Crippen molar-refractivity contribution < 1.29 is 14.7 Å². The van der Waals surface area contributed by atoms with Crippen LogP contribution in [0.3, 0.4) is 0 Å². The lowest BCUT2D eigenvalue weighted by Crippen LogP contribution is -2.32. The predicted octanol–water partition coefficient (Wildman–Crippen LogP) is 9.47. The first kappa shape index (κ1) is 47.2. The van der Waals surface area contributed by atoms with Crippen LogP contribution in [0.5, 0.6) is 0 Å². The quantitative estimate of drug-likeness (QED) is 0.0374. The largest absolute Gasteiger partial charge is 0.396 e. The van der Waals surface area contributed by atoms with Crippen LogP contribution in [-0.4, -0.2) is 60.7 Å². The number of aryl methyl sites for hydroxylation is 1. The smallest absolute Gasteiger partial charge is 0.220 e. The predicted molar refractivity (Wildman–Crippen MR) is 223 cm³/mol. The van der Waals surface area contributed by atoms with Crippen LogP contribution in [0.15, 0.2) is 103 Å². The zero-order valence-electron chi connectivity index (χ0n) is 31.2. The number of amides is 2. The molecule has 280 valence electrons. The van der Waals surface area contributed by atoms with Gasteiger partial charge in [-0.2, -0.15) is 0 Å². The number of hydrogen-bond donors (Lipinski definition) is 4. The Morgan fingerprint density at radius 1 is 0.680 bits per heavy atom. The number of carbonyl (C=O) groups is 2. The summed E-state index contributed by atoms with van der Waals surface area (Å²) in [6, 6.07) is 10.2. The Kier molecular flexibility index (Phi) is 36.8. The molecule has 8 heteroatoms. The van der Waals surface area contributed by atoms with E-state index in [1.165, 1.54) is 5.56 Å². The molecule has 0 aromatic heterocycles. The highest BCUT2D eigenvalue weighted by molar-refractivity contribution is 8.76. The molecule has 1 rings (SSSR count). The Bertz CT molecular complexity index is 1100. The zero-order valence-corrected chi connectivity index (χ0v) is 32.8. The van der Waals surface area contributed by atoms with Gasteiger partial charge in [-0.05, 0) is 76.3 Å². The van der Waals surface area contributed by atoms with Gasteiger partial charge in [0.2, 0.25) is 11.8 Å². The monoisotopic (exact) mass is 725 g/mol.